The third-order valence-corrected chi connectivity index (χ3v) is 4.17. The molecule has 0 bridgehead atoms. The van der Waals surface area contributed by atoms with Crippen LogP contribution in [0, 0.1) is 0 Å². The number of anilines is 2. The summed E-state index contributed by atoms with van der Waals surface area (Å²) in [5.41, 5.74) is 0.764. The van der Waals surface area contributed by atoms with E-state index in [-0.39, 0.29) is 12.8 Å². The van der Waals surface area contributed by atoms with Crippen LogP contribution in [0.4, 0.5) is 11.4 Å². The van der Waals surface area contributed by atoms with E-state index in [1.165, 1.54) is 6.07 Å². The number of benzene rings is 2. The minimum absolute atomic E-state index is 0.131. The van der Waals surface area contributed by atoms with Gasteiger partial charge in [0.1, 0.15) is 0 Å². The summed E-state index contributed by atoms with van der Waals surface area (Å²) in [6, 6.07) is 11.3. The maximum Gasteiger partial charge on any atom is 0.306 e. The van der Waals surface area contributed by atoms with Crippen LogP contribution in [-0.4, -0.2) is 24.4 Å². The summed E-state index contributed by atoms with van der Waals surface area (Å²) >= 11 is 17.7. The van der Waals surface area contributed by atoms with Gasteiger partial charge in [0, 0.05) is 11.4 Å². The first-order valence-corrected chi connectivity index (χ1v) is 8.93. The molecule has 0 aliphatic carbocycles. The van der Waals surface area contributed by atoms with Gasteiger partial charge in [0.05, 0.1) is 27.8 Å². The van der Waals surface area contributed by atoms with Crippen molar-refractivity contribution < 1.29 is 19.1 Å². The Morgan fingerprint density at radius 2 is 1.48 bits per heavy atom. The van der Waals surface area contributed by atoms with Crippen molar-refractivity contribution in [2.75, 3.05) is 17.2 Å². The van der Waals surface area contributed by atoms with Crippen molar-refractivity contribution in [3.8, 4) is 0 Å². The zero-order chi connectivity index (χ0) is 19.8. The molecule has 2 aromatic carbocycles. The monoisotopic (exact) mass is 428 g/mol. The number of nitrogens with one attached hydrogen (secondary N) is 2. The third kappa shape index (κ3) is 7.09. The summed E-state index contributed by atoms with van der Waals surface area (Å²) < 4.78 is 4.84. The molecule has 0 radical (unpaired) electrons. The van der Waals surface area contributed by atoms with Crippen molar-refractivity contribution in [3.63, 3.8) is 0 Å². The van der Waals surface area contributed by atoms with Crippen molar-refractivity contribution >= 4 is 64.0 Å². The first kappa shape index (κ1) is 21.0. The van der Waals surface area contributed by atoms with Gasteiger partial charge in [-0.2, -0.15) is 0 Å². The van der Waals surface area contributed by atoms with Gasteiger partial charge in [0.2, 0.25) is 5.91 Å². The summed E-state index contributed by atoms with van der Waals surface area (Å²) in [4.78, 5) is 35.3. The summed E-state index contributed by atoms with van der Waals surface area (Å²) in [5.74, 6) is -1.65. The van der Waals surface area contributed by atoms with E-state index in [0.29, 0.717) is 26.4 Å². The highest BCUT2D eigenvalue weighted by atomic mass is 35.5. The van der Waals surface area contributed by atoms with Gasteiger partial charge in [-0.15, -0.1) is 0 Å². The van der Waals surface area contributed by atoms with Crippen LogP contribution in [0.1, 0.15) is 12.8 Å². The van der Waals surface area contributed by atoms with Crippen molar-refractivity contribution in [1.82, 2.24) is 0 Å². The molecule has 2 amide bonds. The summed E-state index contributed by atoms with van der Waals surface area (Å²) in [6.07, 6.45) is -0.322. The molecular weight excluding hydrogens is 415 g/mol. The van der Waals surface area contributed by atoms with Crippen LogP contribution >= 0.6 is 34.8 Å². The third-order valence-electron chi connectivity index (χ3n) is 3.27. The minimum Gasteiger partial charge on any atom is -0.456 e. The average Bonchev–Trinajstić information content (AvgIpc) is 2.63. The summed E-state index contributed by atoms with van der Waals surface area (Å²) in [7, 11) is 0. The molecule has 0 heterocycles. The number of rotatable bonds is 7. The number of ether oxygens (including phenoxy) is 1. The minimum atomic E-state index is -0.684. The second-order valence-corrected chi connectivity index (χ2v) is 6.61. The fourth-order valence-electron chi connectivity index (χ4n) is 1.99. The Kier molecular flexibility index (Phi) is 7.91. The van der Waals surface area contributed by atoms with E-state index in [9.17, 15) is 14.4 Å². The Morgan fingerprint density at radius 3 is 2.22 bits per heavy atom. The number of carbonyl (C=O) groups excluding carboxylic acids is 3. The first-order valence-electron chi connectivity index (χ1n) is 7.80. The highest BCUT2D eigenvalue weighted by Crippen LogP contribution is 2.25. The fraction of sp³-hybridized carbons (Fsp3) is 0.167. The lowest BCUT2D eigenvalue weighted by Gasteiger charge is -2.09. The highest BCUT2D eigenvalue weighted by Gasteiger charge is 2.12. The van der Waals surface area contributed by atoms with Crippen LogP contribution in [0.5, 0.6) is 0 Å². The maximum atomic E-state index is 11.9. The molecule has 0 saturated heterocycles. The van der Waals surface area contributed by atoms with E-state index in [2.05, 4.69) is 10.6 Å². The number of hydrogen-bond acceptors (Lipinski definition) is 4. The molecule has 27 heavy (non-hydrogen) atoms. The van der Waals surface area contributed by atoms with Gasteiger partial charge >= 0.3 is 5.97 Å². The average molecular weight is 430 g/mol. The molecule has 2 rings (SSSR count). The molecule has 0 atom stereocenters. The molecule has 0 fully saturated rings. The first-order chi connectivity index (χ1) is 12.8. The number of amides is 2. The molecule has 142 valence electrons. The molecule has 0 aliphatic heterocycles. The van der Waals surface area contributed by atoms with Gasteiger partial charge < -0.3 is 15.4 Å². The molecular formula is C18H15Cl3N2O4. The zero-order valence-electron chi connectivity index (χ0n) is 13.9. The number of para-hydroxylation sites is 1. The van der Waals surface area contributed by atoms with Crippen LogP contribution in [-0.2, 0) is 19.1 Å². The van der Waals surface area contributed by atoms with E-state index in [4.69, 9.17) is 39.5 Å². The molecule has 0 aromatic heterocycles. The van der Waals surface area contributed by atoms with Crippen molar-refractivity contribution in [2.45, 2.75) is 12.8 Å². The topological polar surface area (TPSA) is 84.5 Å². The quantitative estimate of drug-likeness (QED) is 0.633. The Bertz CT molecular complexity index is 858. The zero-order valence-corrected chi connectivity index (χ0v) is 16.2. The van der Waals surface area contributed by atoms with Gasteiger partial charge in [0.25, 0.3) is 5.91 Å². The van der Waals surface area contributed by atoms with Crippen LogP contribution in [0.25, 0.3) is 0 Å². The molecule has 6 nitrogen and oxygen atoms in total. The molecule has 0 spiro atoms. The molecule has 0 aliphatic rings. The molecule has 2 aromatic rings. The molecule has 2 N–H and O–H groups in total. The SMILES string of the molecule is O=C(CCC(=O)OCC(=O)Nc1ccccc1Cl)Nc1cc(Cl)ccc1Cl. The van der Waals surface area contributed by atoms with Crippen LogP contribution in [0.2, 0.25) is 15.1 Å². The van der Waals surface area contributed by atoms with Crippen molar-refractivity contribution in [3.05, 3.63) is 57.5 Å². The molecule has 0 unspecified atom stereocenters. The number of halogens is 3. The number of hydrogen-bond donors (Lipinski definition) is 2. The van der Waals surface area contributed by atoms with Crippen LogP contribution in [0.15, 0.2) is 42.5 Å². The second kappa shape index (κ2) is 10.2. The fourth-order valence-corrected chi connectivity index (χ4v) is 2.51. The van der Waals surface area contributed by atoms with Crippen molar-refractivity contribution in [2.24, 2.45) is 0 Å². The Morgan fingerprint density at radius 1 is 0.815 bits per heavy atom. The second-order valence-electron chi connectivity index (χ2n) is 5.36. The molecule has 0 saturated carbocycles. The van der Waals surface area contributed by atoms with E-state index >= 15 is 0 Å². The maximum absolute atomic E-state index is 11.9. The van der Waals surface area contributed by atoms with Crippen molar-refractivity contribution in [1.29, 1.82) is 0 Å². The van der Waals surface area contributed by atoms with Gasteiger partial charge in [-0.3, -0.25) is 14.4 Å². The normalized spacial score (nSPS) is 10.2. The Labute approximate surface area is 170 Å². The van der Waals surface area contributed by atoms with Gasteiger partial charge in [-0.05, 0) is 30.3 Å². The Balaban J connectivity index is 1.72. The van der Waals surface area contributed by atoms with E-state index < -0.39 is 24.4 Å². The largest absolute Gasteiger partial charge is 0.456 e. The number of carbonyl (C=O) groups is 3. The smallest absolute Gasteiger partial charge is 0.306 e. The van der Waals surface area contributed by atoms with Crippen LogP contribution in [0.3, 0.4) is 0 Å². The lowest BCUT2D eigenvalue weighted by molar-refractivity contribution is -0.147. The predicted molar refractivity (Wildman–Crippen MR) is 105 cm³/mol. The Hall–Kier alpha value is -2.28. The molecule has 9 heteroatoms. The van der Waals surface area contributed by atoms with Gasteiger partial charge in [0.15, 0.2) is 6.61 Å². The van der Waals surface area contributed by atoms with E-state index in [1.54, 1.807) is 36.4 Å². The summed E-state index contributed by atoms with van der Waals surface area (Å²) in [6.45, 7) is -0.480. The standard InChI is InChI=1S/C18H15Cl3N2O4/c19-11-5-6-13(21)15(9-11)23-16(24)7-8-18(26)27-10-17(25)22-14-4-2-1-3-12(14)20/h1-6,9H,7-8,10H2,(H,22,25)(H,23,24). The van der Waals surface area contributed by atoms with E-state index in [0.717, 1.165) is 0 Å². The predicted octanol–water partition coefficient (Wildman–Crippen LogP) is 4.55. The lowest BCUT2D eigenvalue weighted by Crippen LogP contribution is -2.22. The summed E-state index contributed by atoms with van der Waals surface area (Å²) in [5, 5.41) is 6.18. The highest BCUT2D eigenvalue weighted by molar-refractivity contribution is 6.35. The van der Waals surface area contributed by atoms with Gasteiger partial charge in [-0.25, -0.2) is 0 Å². The van der Waals surface area contributed by atoms with Gasteiger partial charge in [-0.1, -0.05) is 46.9 Å². The lowest BCUT2D eigenvalue weighted by atomic mass is 10.2. The number of esters is 1. The van der Waals surface area contributed by atoms with Crippen LogP contribution < -0.4 is 10.6 Å². The van der Waals surface area contributed by atoms with E-state index in [1.807, 2.05) is 0 Å².